The summed E-state index contributed by atoms with van der Waals surface area (Å²) < 4.78 is 45.4. The molecule has 3 N–H and O–H groups in total. The largest absolute Gasteiger partial charge is 0.489 e. The molecular weight excluding hydrogens is 365 g/mol. The maximum Gasteiger partial charge on any atom is 0.433 e. The number of carbonyl (C=O) groups is 1. The minimum atomic E-state index is -4.67. The highest BCUT2D eigenvalue weighted by molar-refractivity contribution is 6.12. The fourth-order valence-electron chi connectivity index (χ4n) is 2.34. The molecule has 1 amide bonds. The van der Waals surface area contributed by atoms with E-state index >= 15 is 0 Å². The fraction of sp³-hybridized carbons (Fsp3) is 0.250. The third-order valence-electron chi connectivity index (χ3n) is 3.42. The number of ether oxygens (including phenoxy) is 1. The van der Waals surface area contributed by atoms with E-state index < -0.39 is 17.8 Å². The lowest BCUT2D eigenvalue weighted by molar-refractivity contribution is -0.141. The zero-order valence-electron chi connectivity index (χ0n) is 14.3. The Labute approximate surface area is 151 Å². The number of nitrogens with two attached hydrogens (primary N) is 1. The van der Waals surface area contributed by atoms with Crippen LogP contribution in [0.5, 0.6) is 5.75 Å². The summed E-state index contributed by atoms with van der Waals surface area (Å²) in [5.41, 5.74) is 4.22. The van der Waals surface area contributed by atoms with Crippen molar-refractivity contribution in [3.05, 3.63) is 42.0 Å². The van der Waals surface area contributed by atoms with E-state index in [4.69, 9.17) is 10.5 Å². The standard InChI is InChI=1S/C16H15F3N6O2/c1-8(2)27-10-3-5-21-7-9(10)22-15(26)12-13(20)24-25-6-4-11(16(17,18)19)23-14(12)25/h3-8H,1-2H3,(H2,20,24)(H,22,26). The third-order valence-corrected chi connectivity index (χ3v) is 3.42. The van der Waals surface area contributed by atoms with E-state index in [9.17, 15) is 18.0 Å². The number of rotatable bonds is 4. The molecular formula is C16H15F3N6O2. The molecule has 3 rings (SSSR count). The van der Waals surface area contributed by atoms with Crippen LogP contribution in [0.2, 0.25) is 0 Å². The number of aromatic nitrogens is 4. The predicted molar refractivity (Wildman–Crippen MR) is 90.4 cm³/mol. The molecule has 0 radical (unpaired) electrons. The number of hydrogen-bond donors (Lipinski definition) is 2. The lowest BCUT2D eigenvalue weighted by Crippen LogP contribution is -2.16. The highest BCUT2D eigenvalue weighted by Gasteiger charge is 2.33. The van der Waals surface area contributed by atoms with E-state index in [-0.39, 0.29) is 28.8 Å². The summed E-state index contributed by atoms with van der Waals surface area (Å²) in [6.45, 7) is 3.61. The molecule has 142 valence electrons. The van der Waals surface area contributed by atoms with E-state index in [1.807, 2.05) is 0 Å². The minimum Gasteiger partial charge on any atom is -0.489 e. The van der Waals surface area contributed by atoms with Crippen LogP contribution in [0.25, 0.3) is 5.65 Å². The van der Waals surface area contributed by atoms with Crippen molar-refractivity contribution in [2.75, 3.05) is 11.1 Å². The van der Waals surface area contributed by atoms with Crippen molar-refractivity contribution >= 4 is 23.1 Å². The number of pyridine rings is 1. The first-order valence-corrected chi connectivity index (χ1v) is 7.81. The molecule has 0 saturated carbocycles. The van der Waals surface area contributed by atoms with Gasteiger partial charge < -0.3 is 15.8 Å². The first kappa shape index (κ1) is 18.4. The van der Waals surface area contributed by atoms with Gasteiger partial charge >= 0.3 is 6.18 Å². The van der Waals surface area contributed by atoms with Crippen LogP contribution in [-0.4, -0.2) is 31.6 Å². The first-order chi connectivity index (χ1) is 12.7. The summed E-state index contributed by atoms with van der Waals surface area (Å²) in [7, 11) is 0. The van der Waals surface area contributed by atoms with Crippen molar-refractivity contribution in [3.8, 4) is 5.75 Å². The van der Waals surface area contributed by atoms with Gasteiger partial charge in [0.15, 0.2) is 11.5 Å². The van der Waals surface area contributed by atoms with Gasteiger partial charge in [0.1, 0.15) is 22.7 Å². The molecule has 27 heavy (non-hydrogen) atoms. The topological polar surface area (TPSA) is 107 Å². The molecule has 0 fully saturated rings. The molecule has 11 heteroatoms. The van der Waals surface area contributed by atoms with Gasteiger partial charge in [-0.15, -0.1) is 5.10 Å². The summed E-state index contributed by atoms with van der Waals surface area (Å²) in [6.07, 6.45) is -0.965. The van der Waals surface area contributed by atoms with E-state index in [2.05, 4.69) is 20.4 Å². The second-order valence-corrected chi connectivity index (χ2v) is 5.83. The van der Waals surface area contributed by atoms with Crippen molar-refractivity contribution in [2.24, 2.45) is 0 Å². The number of carbonyl (C=O) groups excluding carboxylic acids is 1. The van der Waals surface area contributed by atoms with Crippen molar-refractivity contribution in [1.82, 2.24) is 19.6 Å². The van der Waals surface area contributed by atoms with Crippen LogP contribution >= 0.6 is 0 Å². The number of nitrogens with zero attached hydrogens (tertiary/aromatic N) is 4. The van der Waals surface area contributed by atoms with Gasteiger partial charge in [-0.2, -0.15) is 13.2 Å². The van der Waals surface area contributed by atoms with Crippen molar-refractivity contribution in [1.29, 1.82) is 0 Å². The molecule has 0 atom stereocenters. The maximum absolute atomic E-state index is 12.9. The average molecular weight is 380 g/mol. The van der Waals surface area contributed by atoms with E-state index in [1.165, 1.54) is 12.4 Å². The number of hydrogen-bond acceptors (Lipinski definition) is 6. The van der Waals surface area contributed by atoms with Gasteiger partial charge in [-0.3, -0.25) is 9.78 Å². The van der Waals surface area contributed by atoms with Crippen molar-refractivity contribution in [2.45, 2.75) is 26.1 Å². The number of amides is 1. The normalized spacial score (nSPS) is 11.8. The number of nitrogen functional groups attached to an aromatic ring is 1. The SMILES string of the molecule is CC(C)Oc1ccncc1NC(=O)c1c(N)nn2ccc(C(F)(F)F)nc12. The zero-order valence-corrected chi connectivity index (χ0v) is 14.3. The molecule has 0 spiro atoms. The lowest BCUT2D eigenvalue weighted by atomic mass is 10.2. The lowest BCUT2D eigenvalue weighted by Gasteiger charge is -2.14. The molecule has 0 aliphatic heterocycles. The predicted octanol–water partition coefficient (Wildman–Crippen LogP) is 2.76. The second-order valence-electron chi connectivity index (χ2n) is 5.83. The Morgan fingerprint density at radius 1 is 1.33 bits per heavy atom. The summed E-state index contributed by atoms with van der Waals surface area (Å²) in [5.74, 6) is -0.683. The van der Waals surface area contributed by atoms with Gasteiger partial charge in [0.2, 0.25) is 0 Å². The number of halogens is 3. The zero-order chi connectivity index (χ0) is 19.8. The molecule has 3 aromatic heterocycles. The third kappa shape index (κ3) is 3.76. The average Bonchev–Trinajstić information content (AvgIpc) is 2.90. The van der Waals surface area contributed by atoms with Crippen molar-refractivity contribution < 1.29 is 22.7 Å². The number of alkyl halides is 3. The number of nitrogens with one attached hydrogen (secondary N) is 1. The summed E-state index contributed by atoms with van der Waals surface area (Å²) >= 11 is 0. The smallest absolute Gasteiger partial charge is 0.433 e. The quantitative estimate of drug-likeness (QED) is 0.721. The first-order valence-electron chi connectivity index (χ1n) is 7.81. The van der Waals surface area contributed by atoms with Gasteiger partial charge in [0, 0.05) is 18.5 Å². The Balaban J connectivity index is 2.00. The molecule has 0 aliphatic carbocycles. The Morgan fingerprint density at radius 2 is 2.07 bits per heavy atom. The molecule has 8 nitrogen and oxygen atoms in total. The number of anilines is 2. The minimum absolute atomic E-state index is 0.166. The molecule has 0 aromatic carbocycles. The van der Waals surface area contributed by atoms with Crippen LogP contribution in [-0.2, 0) is 6.18 Å². The summed E-state index contributed by atoms with van der Waals surface area (Å²) in [4.78, 5) is 20.1. The van der Waals surface area contributed by atoms with E-state index in [0.717, 1.165) is 16.8 Å². The Kier molecular flexibility index (Phi) is 4.60. The molecule has 0 unspecified atom stereocenters. The molecule has 3 aromatic rings. The monoisotopic (exact) mass is 380 g/mol. The van der Waals surface area contributed by atoms with E-state index in [1.54, 1.807) is 19.9 Å². The van der Waals surface area contributed by atoms with E-state index in [0.29, 0.717) is 5.75 Å². The van der Waals surface area contributed by atoms with Gasteiger partial charge in [-0.25, -0.2) is 9.50 Å². The molecule has 3 heterocycles. The molecule has 0 bridgehead atoms. The van der Waals surface area contributed by atoms with Gasteiger partial charge in [-0.05, 0) is 19.9 Å². The Hall–Kier alpha value is -3.37. The maximum atomic E-state index is 12.9. The van der Waals surface area contributed by atoms with Crippen molar-refractivity contribution in [3.63, 3.8) is 0 Å². The van der Waals surface area contributed by atoms with Crippen LogP contribution in [0.1, 0.15) is 29.9 Å². The van der Waals surface area contributed by atoms with Crippen LogP contribution in [0.3, 0.4) is 0 Å². The molecule has 0 aliphatic rings. The number of fused-ring (bicyclic) bond motifs is 1. The summed E-state index contributed by atoms with van der Waals surface area (Å²) in [5, 5.41) is 6.36. The molecule has 0 saturated heterocycles. The van der Waals surface area contributed by atoms with Gasteiger partial charge in [0.25, 0.3) is 5.91 Å². The van der Waals surface area contributed by atoms with Gasteiger partial charge in [0.05, 0.1) is 12.3 Å². The van der Waals surface area contributed by atoms with Crippen LogP contribution in [0.15, 0.2) is 30.7 Å². The fourth-order valence-corrected chi connectivity index (χ4v) is 2.34. The highest BCUT2D eigenvalue weighted by Crippen LogP contribution is 2.30. The van der Waals surface area contributed by atoms with Gasteiger partial charge in [-0.1, -0.05) is 0 Å². The highest BCUT2D eigenvalue weighted by atomic mass is 19.4. The van der Waals surface area contributed by atoms with Crippen LogP contribution < -0.4 is 15.8 Å². The van der Waals surface area contributed by atoms with Crippen LogP contribution in [0.4, 0.5) is 24.7 Å². The second kappa shape index (κ2) is 6.74. The van der Waals surface area contributed by atoms with Crippen LogP contribution in [0, 0.1) is 0 Å². The Morgan fingerprint density at radius 3 is 2.74 bits per heavy atom. The summed E-state index contributed by atoms with van der Waals surface area (Å²) in [6, 6.07) is 2.30. The Bertz CT molecular complexity index is 999.